The van der Waals surface area contributed by atoms with Gasteiger partial charge in [0.05, 0.1) is 17.7 Å². The molecule has 8 rings (SSSR count). The average Bonchev–Trinajstić information content (AvgIpc) is 3.24. The van der Waals surface area contributed by atoms with Crippen molar-refractivity contribution in [2.24, 2.45) is 0 Å². The number of anilines is 1. The van der Waals surface area contributed by atoms with Crippen LogP contribution in [0, 0.1) is 0 Å². The van der Waals surface area contributed by atoms with Crippen LogP contribution in [0.25, 0.3) is 0 Å². The number of hydrogen-bond donors (Lipinski definition) is 0. The molecule has 3 atom stereocenters. The Morgan fingerprint density at radius 3 is 2.46 bits per heavy atom. The van der Waals surface area contributed by atoms with Gasteiger partial charge in [-0.2, -0.15) is 0 Å². The predicted molar refractivity (Wildman–Crippen MR) is 126 cm³/mol. The van der Waals surface area contributed by atoms with Gasteiger partial charge >= 0.3 is 5.97 Å². The summed E-state index contributed by atoms with van der Waals surface area (Å²) in [5, 5.41) is 0. The molecule has 6 aliphatic rings. The summed E-state index contributed by atoms with van der Waals surface area (Å²) in [6.45, 7) is 0.651. The fourth-order valence-electron chi connectivity index (χ4n) is 7.66. The summed E-state index contributed by atoms with van der Waals surface area (Å²) < 4.78 is 12.6. The monoisotopic (exact) mass is 472 g/mol. The van der Waals surface area contributed by atoms with Gasteiger partial charge in [0.2, 0.25) is 5.91 Å². The highest BCUT2D eigenvalue weighted by Crippen LogP contribution is 2.77. The maximum Gasteiger partial charge on any atom is 0.305 e. The number of carbonyl (C=O) groups is 3. The molecule has 0 unspecified atom stereocenters. The van der Waals surface area contributed by atoms with Gasteiger partial charge in [-0.15, -0.1) is 0 Å². The van der Waals surface area contributed by atoms with E-state index >= 15 is 0 Å². The second-order valence-corrected chi connectivity index (χ2v) is 10.3. The summed E-state index contributed by atoms with van der Waals surface area (Å²) in [5.41, 5.74) is 1.16. The van der Waals surface area contributed by atoms with Crippen molar-refractivity contribution in [2.75, 3.05) is 18.1 Å². The van der Waals surface area contributed by atoms with Gasteiger partial charge < -0.3 is 14.4 Å². The normalized spacial score (nSPS) is 33.7. The van der Waals surface area contributed by atoms with Crippen LogP contribution in [-0.4, -0.2) is 41.6 Å². The highest BCUT2D eigenvalue weighted by atomic mass is 16.6. The Hall–Kier alpha value is -3.19. The lowest BCUT2D eigenvalue weighted by atomic mass is 9.53. The Morgan fingerprint density at radius 1 is 0.800 bits per heavy atom. The minimum atomic E-state index is -0.986. The van der Waals surface area contributed by atoms with Crippen LogP contribution >= 0.6 is 0 Å². The molecule has 2 aromatic carbocycles. The van der Waals surface area contributed by atoms with E-state index in [1.807, 2.05) is 52.3 Å². The standard InChI is InChI=1S/C28H28N2O5/c31-23-13-7-14-24(32)34-18-8-17-29-25(33)19-9-1-2-10-20(19)28(29)26-15-5-6-16-27(26,35-28)30(23)22-12-4-3-11-21(22)26/h1-4,9-12H,5-8,13-18H2/t26-,27-,28-/m1/s1. The van der Waals surface area contributed by atoms with Crippen molar-refractivity contribution in [1.82, 2.24) is 4.90 Å². The third kappa shape index (κ3) is 2.33. The van der Waals surface area contributed by atoms with Crippen LogP contribution in [-0.2, 0) is 30.2 Å². The molecule has 2 spiro atoms. The molecule has 7 nitrogen and oxygen atoms in total. The summed E-state index contributed by atoms with van der Waals surface area (Å²) >= 11 is 0. The number of benzene rings is 2. The van der Waals surface area contributed by atoms with Crippen molar-refractivity contribution in [3.8, 4) is 0 Å². The minimum Gasteiger partial charge on any atom is -0.466 e. The third-order valence-electron chi connectivity index (χ3n) is 8.80. The highest BCUT2D eigenvalue weighted by molar-refractivity contribution is 6.03. The second kappa shape index (κ2) is 7.17. The molecule has 35 heavy (non-hydrogen) atoms. The molecule has 5 heterocycles. The van der Waals surface area contributed by atoms with Gasteiger partial charge in [0.15, 0.2) is 11.4 Å². The van der Waals surface area contributed by atoms with Crippen LogP contribution in [0.5, 0.6) is 0 Å². The van der Waals surface area contributed by atoms with Crippen molar-refractivity contribution >= 4 is 23.5 Å². The first kappa shape index (κ1) is 21.1. The smallest absolute Gasteiger partial charge is 0.305 e. The Bertz CT molecular complexity index is 1280. The molecule has 1 saturated carbocycles. The first-order valence-corrected chi connectivity index (χ1v) is 12.8. The van der Waals surface area contributed by atoms with Gasteiger partial charge in [-0.25, -0.2) is 0 Å². The molecule has 0 aromatic heterocycles. The van der Waals surface area contributed by atoms with Crippen molar-refractivity contribution in [1.29, 1.82) is 0 Å². The lowest BCUT2D eigenvalue weighted by molar-refractivity contribution is -0.397. The Morgan fingerprint density at radius 2 is 1.57 bits per heavy atom. The molecule has 5 aliphatic heterocycles. The Kier molecular flexibility index (Phi) is 4.32. The van der Waals surface area contributed by atoms with Crippen LogP contribution in [0.3, 0.4) is 0 Å². The van der Waals surface area contributed by atoms with E-state index in [0.29, 0.717) is 24.9 Å². The molecule has 4 fully saturated rings. The lowest BCUT2D eigenvalue weighted by Gasteiger charge is -2.71. The van der Waals surface area contributed by atoms with Crippen LogP contribution in [0.4, 0.5) is 5.69 Å². The predicted octanol–water partition coefficient (Wildman–Crippen LogP) is 4.00. The third-order valence-corrected chi connectivity index (χ3v) is 8.80. The molecular weight excluding hydrogens is 444 g/mol. The number of fused-ring (bicyclic) bond motifs is 10. The van der Waals surface area contributed by atoms with Gasteiger partial charge in [-0.3, -0.25) is 19.3 Å². The zero-order valence-electron chi connectivity index (χ0n) is 19.6. The summed E-state index contributed by atoms with van der Waals surface area (Å²) in [6.07, 6.45) is 4.95. The van der Waals surface area contributed by atoms with Crippen LogP contribution in [0.2, 0.25) is 0 Å². The lowest BCUT2D eigenvalue weighted by Crippen LogP contribution is -2.84. The van der Waals surface area contributed by atoms with E-state index in [-0.39, 0.29) is 37.2 Å². The molecule has 2 amide bonds. The zero-order valence-corrected chi connectivity index (χ0v) is 19.6. The molecule has 0 N–H and O–H groups in total. The molecule has 2 aromatic rings. The minimum absolute atomic E-state index is 0.0370. The van der Waals surface area contributed by atoms with Gasteiger partial charge in [-0.05, 0) is 49.8 Å². The van der Waals surface area contributed by atoms with E-state index in [9.17, 15) is 14.4 Å². The number of carbonyl (C=O) groups excluding carboxylic acids is 3. The van der Waals surface area contributed by atoms with Gasteiger partial charge in [-0.1, -0.05) is 42.8 Å². The topological polar surface area (TPSA) is 76.2 Å². The van der Waals surface area contributed by atoms with E-state index in [2.05, 4.69) is 6.07 Å². The summed E-state index contributed by atoms with van der Waals surface area (Å²) in [7, 11) is 0. The van der Waals surface area contributed by atoms with Crippen molar-refractivity contribution in [2.45, 2.75) is 68.2 Å². The number of para-hydroxylation sites is 1. The van der Waals surface area contributed by atoms with E-state index in [0.717, 1.165) is 42.5 Å². The van der Waals surface area contributed by atoms with E-state index in [4.69, 9.17) is 9.47 Å². The molecule has 3 saturated heterocycles. The summed E-state index contributed by atoms with van der Waals surface area (Å²) in [4.78, 5) is 43.6. The number of rotatable bonds is 0. The van der Waals surface area contributed by atoms with Crippen LogP contribution in [0.15, 0.2) is 48.5 Å². The molecular formula is C28H28N2O5. The van der Waals surface area contributed by atoms with E-state index in [1.165, 1.54) is 0 Å². The maximum atomic E-state index is 13.8. The fraction of sp³-hybridized carbons (Fsp3) is 0.464. The van der Waals surface area contributed by atoms with Crippen molar-refractivity contribution < 1.29 is 23.9 Å². The Balaban J connectivity index is 1.49. The number of nitrogens with zero attached hydrogens (tertiary/aromatic N) is 2. The molecule has 0 radical (unpaired) electrons. The average molecular weight is 473 g/mol. The SMILES string of the molecule is O=C1CCCC(=O)N2c3ccccc3[C@]34CCCC[C@]23O[C@]42c3ccccc3C(=O)N2CCCO1. The Labute approximate surface area is 204 Å². The highest BCUT2D eigenvalue weighted by Gasteiger charge is 2.86. The summed E-state index contributed by atoms with van der Waals surface area (Å²) in [5.74, 6) is -0.395. The molecule has 4 bridgehead atoms. The first-order valence-electron chi connectivity index (χ1n) is 12.8. The van der Waals surface area contributed by atoms with E-state index in [1.54, 1.807) is 0 Å². The number of amides is 2. The van der Waals surface area contributed by atoms with Crippen molar-refractivity contribution in [3.63, 3.8) is 0 Å². The molecule has 7 heteroatoms. The number of esters is 1. The number of ether oxygens (including phenoxy) is 2. The molecule has 180 valence electrons. The quantitative estimate of drug-likeness (QED) is 0.542. The largest absolute Gasteiger partial charge is 0.466 e. The van der Waals surface area contributed by atoms with Gasteiger partial charge in [0.1, 0.15) is 0 Å². The van der Waals surface area contributed by atoms with Crippen LogP contribution in [0.1, 0.15) is 72.9 Å². The zero-order chi connectivity index (χ0) is 23.8. The van der Waals surface area contributed by atoms with Gasteiger partial charge in [0.25, 0.3) is 5.91 Å². The number of hydrogen-bond acceptors (Lipinski definition) is 5. The molecule has 1 aliphatic carbocycles. The van der Waals surface area contributed by atoms with Crippen molar-refractivity contribution in [3.05, 3.63) is 65.2 Å². The van der Waals surface area contributed by atoms with Crippen LogP contribution < -0.4 is 4.90 Å². The summed E-state index contributed by atoms with van der Waals surface area (Å²) in [6, 6.07) is 15.9. The van der Waals surface area contributed by atoms with E-state index < -0.39 is 16.9 Å². The second-order valence-electron chi connectivity index (χ2n) is 10.3. The first-order chi connectivity index (χ1) is 17.1. The maximum absolute atomic E-state index is 13.8. The van der Waals surface area contributed by atoms with Gasteiger partial charge in [0, 0.05) is 30.5 Å². The fourth-order valence-corrected chi connectivity index (χ4v) is 7.66.